The summed E-state index contributed by atoms with van der Waals surface area (Å²) in [6, 6.07) is 6.82. The van der Waals surface area contributed by atoms with Gasteiger partial charge >= 0.3 is 12.1 Å². The molecule has 0 saturated heterocycles. The summed E-state index contributed by atoms with van der Waals surface area (Å²) >= 11 is 0. The van der Waals surface area contributed by atoms with E-state index in [4.69, 9.17) is 9.47 Å². The molecule has 0 aromatic heterocycles. The van der Waals surface area contributed by atoms with Crippen LogP contribution < -0.4 is 10.1 Å². The van der Waals surface area contributed by atoms with Crippen LogP contribution in [0.2, 0.25) is 0 Å². The van der Waals surface area contributed by atoms with Crippen LogP contribution in [0.3, 0.4) is 0 Å². The van der Waals surface area contributed by atoms with E-state index in [2.05, 4.69) is 5.32 Å². The minimum atomic E-state index is -1.57. The molecule has 6 nitrogen and oxygen atoms in total. The van der Waals surface area contributed by atoms with Crippen LogP contribution in [0.5, 0.6) is 5.75 Å². The van der Waals surface area contributed by atoms with Gasteiger partial charge < -0.3 is 19.9 Å². The van der Waals surface area contributed by atoms with Crippen molar-refractivity contribution in [3.8, 4) is 5.75 Å². The molecular formula is C16H21NO5. The zero-order chi connectivity index (χ0) is 16.5. The first-order chi connectivity index (χ1) is 10.2. The summed E-state index contributed by atoms with van der Waals surface area (Å²) in [5, 5.41) is 12.4. The normalized spacial score (nSPS) is 23.9. The van der Waals surface area contributed by atoms with Crippen LogP contribution in [-0.2, 0) is 15.1 Å². The van der Waals surface area contributed by atoms with Crippen molar-refractivity contribution in [2.24, 2.45) is 5.92 Å². The SMILES string of the molecule is CC1COc2ccccc2C1(NC(=O)OC(C)(C)C)C(=O)O. The van der Waals surface area contributed by atoms with E-state index in [1.165, 1.54) is 0 Å². The van der Waals surface area contributed by atoms with Gasteiger partial charge in [0.25, 0.3) is 0 Å². The molecule has 1 amide bonds. The van der Waals surface area contributed by atoms with Gasteiger partial charge in [-0.1, -0.05) is 25.1 Å². The molecule has 6 heteroatoms. The molecule has 2 atom stereocenters. The molecule has 120 valence electrons. The second-order valence-corrected chi connectivity index (χ2v) is 6.45. The van der Waals surface area contributed by atoms with Gasteiger partial charge in [0.15, 0.2) is 5.54 Å². The third-order valence-corrected chi connectivity index (χ3v) is 3.58. The zero-order valence-electron chi connectivity index (χ0n) is 13.2. The first-order valence-corrected chi connectivity index (χ1v) is 7.13. The number of carbonyl (C=O) groups excluding carboxylic acids is 1. The average Bonchev–Trinajstić information content (AvgIpc) is 2.39. The number of alkyl carbamates (subject to hydrolysis) is 1. The van der Waals surface area contributed by atoms with E-state index in [0.717, 1.165) is 0 Å². The van der Waals surface area contributed by atoms with Crippen LogP contribution in [0.1, 0.15) is 33.3 Å². The molecule has 0 spiro atoms. The molecule has 0 radical (unpaired) electrons. The molecule has 1 heterocycles. The summed E-state index contributed by atoms with van der Waals surface area (Å²) in [4.78, 5) is 24.2. The lowest BCUT2D eigenvalue weighted by molar-refractivity contribution is -0.149. The van der Waals surface area contributed by atoms with Gasteiger partial charge in [-0.25, -0.2) is 9.59 Å². The minimum absolute atomic E-state index is 0.194. The van der Waals surface area contributed by atoms with E-state index in [-0.39, 0.29) is 6.61 Å². The molecule has 1 aromatic carbocycles. The number of fused-ring (bicyclic) bond motifs is 1. The molecule has 0 aliphatic carbocycles. The lowest BCUT2D eigenvalue weighted by atomic mass is 9.77. The van der Waals surface area contributed by atoms with Crippen molar-refractivity contribution in [3.63, 3.8) is 0 Å². The first kappa shape index (κ1) is 16.1. The Morgan fingerprint density at radius 1 is 1.36 bits per heavy atom. The predicted octanol–water partition coefficient (Wildman–Crippen LogP) is 2.52. The van der Waals surface area contributed by atoms with Crippen molar-refractivity contribution in [3.05, 3.63) is 29.8 Å². The topological polar surface area (TPSA) is 84.9 Å². The van der Waals surface area contributed by atoms with E-state index in [1.807, 2.05) is 0 Å². The van der Waals surface area contributed by atoms with Gasteiger partial charge in [0.05, 0.1) is 6.61 Å². The van der Waals surface area contributed by atoms with Gasteiger partial charge in [0.2, 0.25) is 0 Å². The predicted molar refractivity (Wildman–Crippen MR) is 79.8 cm³/mol. The Hall–Kier alpha value is -2.24. The maximum Gasteiger partial charge on any atom is 0.408 e. The molecule has 0 fully saturated rings. The number of hydrogen-bond acceptors (Lipinski definition) is 4. The quantitative estimate of drug-likeness (QED) is 0.877. The van der Waals surface area contributed by atoms with Crippen LogP contribution in [0.25, 0.3) is 0 Å². The standard InChI is InChI=1S/C16H21NO5/c1-10-9-21-12-8-6-5-7-11(12)16(10,13(18)19)17-14(20)22-15(2,3)4/h5-8,10H,9H2,1-4H3,(H,17,20)(H,18,19). The lowest BCUT2D eigenvalue weighted by Gasteiger charge is -2.40. The van der Waals surface area contributed by atoms with Gasteiger partial charge in [-0.05, 0) is 26.8 Å². The molecule has 1 aromatic rings. The number of amides is 1. The van der Waals surface area contributed by atoms with Crippen LogP contribution in [0, 0.1) is 5.92 Å². The average molecular weight is 307 g/mol. The number of para-hydroxylation sites is 1. The monoisotopic (exact) mass is 307 g/mol. The van der Waals surface area contributed by atoms with Gasteiger partial charge in [0.1, 0.15) is 11.4 Å². The summed E-state index contributed by atoms with van der Waals surface area (Å²) in [5.74, 6) is -1.13. The first-order valence-electron chi connectivity index (χ1n) is 7.13. The summed E-state index contributed by atoms with van der Waals surface area (Å²) in [7, 11) is 0. The largest absolute Gasteiger partial charge is 0.493 e. The Balaban J connectivity index is 2.44. The molecule has 2 N–H and O–H groups in total. The number of rotatable bonds is 2. The number of ether oxygens (including phenoxy) is 2. The van der Waals surface area contributed by atoms with E-state index < -0.39 is 29.1 Å². The van der Waals surface area contributed by atoms with Crippen molar-refractivity contribution in [2.75, 3.05) is 6.61 Å². The Morgan fingerprint density at radius 3 is 2.59 bits per heavy atom. The van der Waals surface area contributed by atoms with E-state index in [1.54, 1.807) is 52.0 Å². The van der Waals surface area contributed by atoms with E-state index in [0.29, 0.717) is 11.3 Å². The number of nitrogens with one attached hydrogen (secondary N) is 1. The van der Waals surface area contributed by atoms with Crippen molar-refractivity contribution in [2.45, 2.75) is 38.8 Å². The molecule has 1 aliphatic heterocycles. The van der Waals surface area contributed by atoms with Crippen molar-refractivity contribution in [1.82, 2.24) is 5.32 Å². The fraction of sp³-hybridized carbons (Fsp3) is 0.500. The molecule has 1 aliphatic rings. The fourth-order valence-electron chi connectivity index (χ4n) is 2.56. The number of aliphatic carboxylic acids is 1. The highest BCUT2D eigenvalue weighted by Crippen LogP contribution is 2.40. The molecular weight excluding hydrogens is 286 g/mol. The van der Waals surface area contributed by atoms with Gasteiger partial charge in [-0.3, -0.25) is 0 Å². The number of carboxylic acid groups (broad SMARTS) is 1. The lowest BCUT2D eigenvalue weighted by Crippen LogP contribution is -2.59. The molecule has 2 rings (SSSR count). The second-order valence-electron chi connectivity index (χ2n) is 6.45. The Kier molecular flexibility index (Phi) is 4.04. The number of hydrogen-bond donors (Lipinski definition) is 2. The maximum atomic E-state index is 12.2. The molecule has 2 unspecified atom stereocenters. The van der Waals surface area contributed by atoms with Crippen LogP contribution in [0.4, 0.5) is 4.79 Å². The Morgan fingerprint density at radius 2 is 2.00 bits per heavy atom. The van der Waals surface area contributed by atoms with Crippen LogP contribution in [0.15, 0.2) is 24.3 Å². The maximum absolute atomic E-state index is 12.2. The van der Waals surface area contributed by atoms with Gasteiger partial charge in [-0.2, -0.15) is 0 Å². The van der Waals surface area contributed by atoms with Crippen molar-refractivity contribution >= 4 is 12.1 Å². The number of benzene rings is 1. The van der Waals surface area contributed by atoms with Crippen molar-refractivity contribution < 1.29 is 24.2 Å². The zero-order valence-corrected chi connectivity index (χ0v) is 13.2. The van der Waals surface area contributed by atoms with Crippen molar-refractivity contribution in [1.29, 1.82) is 0 Å². The highest BCUT2D eigenvalue weighted by Gasteiger charge is 2.51. The minimum Gasteiger partial charge on any atom is -0.493 e. The molecule has 22 heavy (non-hydrogen) atoms. The summed E-state index contributed by atoms with van der Waals surface area (Å²) in [6.45, 7) is 7.09. The molecule has 0 bridgehead atoms. The highest BCUT2D eigenvalue weighted by atomic mass is 16.6. The summed E-state index contributed by atoms with van der Waals surface area (Å²) in [6.07, 6.45) is -0.765. The van der Waals surface area contributed by atoms with E-state index >= 15 is 0 Å². The third-order valence-electron chi connectivity index (χ3n) is 3.58. The van der Waals surface area contributed by atoms with Gasteiger partial charge in [-0.15, -0.1) is 0 Å². The molecule has 0 saturated carbocycles. The second kappa shape index (κ2) is 5.51. The highest BCUT2D eigenvalue weighted by molar-refractivity contribution is 5.87. The number of carbonyl (C=O) groups is 2. The van der Waals surface area contributed by atoms with Gasteiger partial charge in [0, 0.05) is 11.5 Å². The van der Waals surface area contributed by atoms with E-state index in [9.17, 15) is 14.7 Å². The fourth-order valence-corrected chi connectivity index (χ4v) is 2.56. The third kappa shape index (κ3) is 2.86. The Bertz CT molecular complexity index is 592. The smallest absolute Gasteiger partial charge is 0.408 e. The summed E-state index contributed by atoms with van der Waals surface area (Å²) < 4.78 is 10.8. The van der Waals surface area contributed by atoms with Crippen LogP contribution >= 0.6 is 0 Å². The number of carboxylic acids is 1. The summed E-state index contributed by atoms with van der Waals surface area (Å²) in [5.41, 5.74) is -1.86. The Labute approximate surface area is 129 Å². The van der Waals surface area contributed by atoms with Crippen LogP contribution in [-0.4, -0.2) is 29.4 Å².